The van der Waals surface area contributed by atoms with Crippen molar-refractivity contribution in [1.29, 1.82) is 0 Å². The molecule has 0 aromatic carbocycles. The first-order valence-corrected chi connectivity index (χ1v) is 9.51. The number of amides is 1. The molecule has 0 spiro atoms. The Bertz CT molecular complexity index is 653. The number of nitrogens with zero attached hydrogens (tertiary/aromatic N) is 2. The summed E-state index contributed by atoms with van der Waals surface area (Å²) in [5, 5.41) is 7.16. The average Bonchev–Trinajstić information content (AvgIpc) is 3.27. The topological polar surface area (TPSA) is 42.4 Å². The van der Waals surface area contributed by atoms with Gasteiger partial charge in [0.2, 0.25) is 5.91 Å². The van der Waals surface area contributed by atoms with Crippen LogP contribution in [0.25, 0.3) is 10.6 Å². The van der Waals surface area contributed by atoms with Crippen LogP contribution in [0.5, 0.6) is 0 Å². The van der Waals surface area contributed by atoms with Crippen LogP contribution in [0.2, 0.25) is 0 Å². The van der Waals surface area contributed by atoms with E-state index < -0.39 is 0 Å². The molecule has 1 saturated carbocycles. The Hall–Kier alpha value is -1.24. The van der Waals surface area contributed by atoms with Gasteiger partial charge in [-0.2, -0.15) is 11.3 Å². The van der Waals surface area contributed by atoms with Crippen molar-refractivity contribution in [3.8, 4) is 10.6 Å². The summed E-state index contributed by atoms with van der Waals surface area (Å²) in [6.07, 6.45) is 4.00. The number of hydrogen-bond acceptors (Lipinski definition) is 5. The Morgan fingerprint density at radius 1 is 1.41 bits per heavy atom. The fourth-order valence-corrected chi connectivity index (χ4v) is 4.93. The number of rotatable bonds is 3. The Kier molecular flexibility index (Phi) is 3.98. The molecule has 2 fully saturated rings. The van der Waals surface area contributed by atoms with Crippen LogP contribution in [0.1, 0.15) is 25.0 Å². The van der Waals surface area contributed by atoms with Crippen molar-refractivity contribution in [2.24, 2.45) is 0 Å². The highest BCUT2D eigenvalue weighted by atomic mass is 32.1. The summed E-state index contributed by atoms with van der Waals surface area (Å²) >= 11 is 3.28. The SMILES string of the molecule is O=C(Cc1csc(-c2ccsc2)n1)N1CCO[C@H]2CCC[C@@H]21. The molecule has 2 aromatic rings. The maximum absolute atomic E-state index is 12.6. The second-order valence-electron chi connectivity index (χ2n) is 5.83. The highest BCUT2D eigenvalue weighted by Gasteiger charge is 2.38. The molecular weight excluding hydrogens is 316 g/mol. The highest BCUT2D eigenvalue weighted by molar-refractivity contribution is 7.14. The maximum atomic E-state index is 12.6. The summed E-state index contributed by atoms with van der Waals surface area (Å²) < 4.78 is 5.78. The van der Waals surface area contributed by atoms with Gasteiger partial charge >= 0.3 is 0 Å². The molecule has 1 aliphatic carbocycles. The van der Waals surface area contributed by atoms with Gasteiger partial charge in [-0.3, -0.25) is 4.79 Å². The standard InChI is InChI=1S/C16H18N2O2S2/c19-15(18-5-6-20-14-3-1-2-13(14)18)8-12-10-22-16(17-12)11-4-7-21-9-11/h4,7,9-10,13-14H,1-3,5-6,8H2/t13-,14-/m0/s1. The van der Waals surface area contributed by atoms with E-state index in [4.69, 9.17) is 4.74 Å². The van der Waals surface area contributed by atoms with E-state index in [-0.39, 0.29) is 18.1 Å². The molecule has 0 bridgehead atoms. The minimum atomic E-state index is 0.197. The second-order valence-corrected chi connectivity index (χ2v) is 7.47. The van der Waals surface area contributed by atoms with Crippen LogP contribution >= 0.6 is 22.7 Å². The molecule has 22 heavy (non-hydrogen) atoms. The first-order chi connectivity index (χ1) is 10.8. The smallest absolute Gasteiger partial charge is 0.229 e. The molecule has 0 N–H and O–H groups in total. The molecule has 4 nitrogen and oxygen atoms in total. The predicted octanol–water partition coefficient (Wildman–Crippen LogP) is 3.19. The van der Waals surface area contributed by atoms with Crippen molar-refractivity contribution in [2.45, 2.75) is 37.8 Å². The van der Waals surface area contributed by atoms with Crippen molar-refractivity contribution in [3.63, 3.8) is 0 Å². The molecule has 2 aromatic heterocycles. The lowest BCUT2D eigenvalue weighted by Crippen LogP contribution is -2.51. The molecule has 2 atom stereocenters. The molecule has 116 valence electrons. The van der Waals surface area contributed by atoms with Gasteiger partial charge in [0, 0.05) is 22.9 Å². The first-order valence-electron chi connectivity index (χ1n) is 7.69. The van der Waals surface area contributed by atoms with E-state index in [0.29, 0.717) is 13.0 Å². The number of morpholine rings is 1. The van der Waals surface area contributed by atoms with Gasteiger partial charge < -0.3 is 9.64 Å². The van der Waals surface area contributed by atoms with Gasteiger partial charge in [-0.1, -0.05) is 0 Å². The molecule has 1 aliphatic heterocycles. The van der Waals surface area contributed by atoms with Gasteiger partial charge in [0.1, 0.15) is 5.01 Å². The van der Waals surface area contributed by atoms with Crippen LogP contribution in [0.3, 0.4) is 0 Å². The number of carbonyl (C=O) groups excluding carboxylic acids is 1. The number of thiazole rings is 1. The van der Waals surface area contributed by atoms with Gasteiger partial charge in [0.05, 0.1) is 30.9 Å². The van der Waals surface area contributed by atoms with Crippen LogP contribution in [0.15, 0.2) is 22.2 Å². The zero-order chi connectivity index (χ0) is 14.9. The fourth-order valence-electron chi connectivity index (χ4n) is 3.40. The summed E-state index contributed by atoms with van der Waals surface area (Å²) in [6, 6.07) is 2.36. The molecule has 0 radical (unpaired) electrons. The molecule has 6 heteroatoms. The van der Waals surface area contributed by atoms with Crippen molar-refractivity contribution < 1.29 is 9.53 Å². The number of thiophene rings is 1. The quantitative estimate of drug-likeness (QED) is 0.866. The molecule has 4 rings (SSSR count). The van der Waals surface area contributed by atoms with Crippen LogP contribution in [-0.4, -0.2) is 41.1 Å². The van der Waals surface area contributed by atoms with E-state index in [1.807, 2.05) is 10.3 Å². The first kappa shape index (κ1) is 14.4. The zero-order valence-electron chi connectivity index (χ0n) is 12.2. The Labute approximate surface area is 137 Å². The number of carbonyl (C=O) groups is 1. The zero-order valence-corrected chi connectivity index (χ0v) is 13.9. The van der Waals surface area contributed by atoms with Crippen molar-refractivity contribution in [3.05, 3.63) is 27.9 Å². The van der Waals surface area contributed by atoms with E-state index >= 15 is 0 Å². The van der Waals surface area contributed by atoms with Crippen molar-refractivity contribution in [1.82, 2.24) is 9.88 Å². The molecular formula is C16H18N2O2S2. The Morgan fingerprint density at radius 2 is 2.36 bits per heavy atom. The molecule has 0 unspecified atom stereocenters. The minimum absolute atomic E-state index is 0.197. The average molecular weight is 334 g/mol. The van der Waals surface area contributed by atoms with Crippen molar-refractivity contribution in [2.75, 3.05) is 13.2 Å². The normalized spacial score (nSPS) is 24.5. The summed E-state index contributed by atoms with van der Waals surface area (Å²) in [4.78, 5) is 19.3. The van der Waals surface area contributed by atoms with Crippen LogP contribution in [0, 0.1) is 0 Å². The van der Waals surface area contributed by atoms with Crippen LogP contribution < -0.4 is 0 Å². The van der Waals surface area contributed by atoms with Gasteiger partial charge in [-0.25, -0.2) is 4.98 Å². The second kappa shape index (κ2) is 6.10. The van der Waals surface area contributed by atoms with Gasteiger partial charge in [-0.05, 0) is 30.7 Å². The van der Waals surface area contributed by atoms with E-state index in [9.17, 15) is 4.79 Å². The van der Waals surface area contributed by atoms with E-state index in [1.54, 1.807) is 22.7 Å². The van der Waals surface area contributed by atoms with Gasteiger partial charge in [0.15, 0.2) is 0 Å². The Morgan fingerprint density at radius 3 is 3.23 bits per heavy atom. The summed E-state index contributed by atoms with van der Waals surface area (Å²) in [7, 11) is 0. The van der Waals surface area contributed by atoms with Crippen molar-refractivity contribution >= 4 is 28.6 Å². The van der Waals surface area contributed by atoms with Crippen LogP contribution in [-0.2, 0) is 16.0 Å². The lowest BCUT2D eigenvalue weighted by Gasteiger charge is -2.37. The van der Waals surface area contributed by atoms with Gasteiger partial charge in [-0.15, -0.1) is 11.3 Å². The molecule has 2 aliphatic rings. The van der Waals surface area contributed by atoms with E-state index in [0.717, 1.165) is 42.1 Å². The summed E-state index contributed by atoms with van der Waals surface area (Å²) in [5.41, 5.74) is 2.04. The lowest BCUT2D eigenvalue weighted by molar-refractivity contribution is -0.143. The van der Waals surface area contributed by atoms with E-state index in [2.05, 4.69) is 21.8 Å². The third kappa shape index (κ3) is 2.71. The molecule has 3 heterocycles. The predicted molar refractivity (Wildman–Crippen MR) is 88.2 cm³/mol. The summed E-state index contributed by atoms with van der Waals surface area (Å²) in [5.74, 6) is 0.197. The van der Waals surface area contributed by atoms with Gasteiger partial charge in [0.25, 0.3) is 0 Å². The largest absolute Gasteiger partial charge is 0.374 e. The third-order valence-corrected chi connectivity index (χ3v) is 6.08. The number of fused-ring (bicyclic) bond motifs is 1. The fraction of sp³-hybridized carbons (Fsp3) is 0.500. The lowest BCUT2D eigenvalue weighted by atomic mass is 10.1. The number of ether oxygens (including phenoxy) is 1. The molecule has 1 amide bonds. The van der Waals surface area contributed by atoms with E-state index in [1.165, 1.54) is 0 Å². The number of hydrogen-bond donors (Lipinski definition) is 0. The van der Waals surface area contributed by atoms with Crippen LogP contribution in [0.4, 0.5) is 0 Å². The number of aromatic nitrogens is 1. The third-order valence-electron chi connectivity index (χ3n) is 4.45. The molecule has 1 saturated heterocycles. The Balaban J connectivity index is 1.45. The maximum Gasteiger partial charge on any atom is 0.229 e. The summed E-state index contributed by atoms with van der Waals surface area (Å²) in [6.45, 7) is 1.39. The monoisotopic (exact) mass is 334 g/mol. The minimum Gasteiger partial charge on any atom is -0.374 e. The highest BCUT2D eigenvalue weighted by Crippen LogP contribution is 2.30.